The van der Waals surface area contributed by atoms with Crippen LogP contribution in [0, 0.1) is 5.41 Å². The SMILES string of the molecule is CCCC1CC(N2CCC(C(=O)O)(C(F)(F)F)C2)CCO1. The van der Waals surface area contributed by atoms with Crippen molar-refractivity contribution in [2.24, 2.45) is 5.41 Å². The molecule has 2 rings (SSSR count). The molecule has 0 aromatic rings. The number of hydrogen-bond acceptors (Lipinski definition) is 3. The summed E-state index contributed by atoms with van der Waals surface area (Å²) in [4.78, 5) is 12.9. The first-order valence-corrected chi connectivity index (χ1v) is 7.46. The number of nitrogens with zero attached hydrogens (tertiary/aromatic N) is 1. The molecule has 3 unspecified atom stereocenters. The fourth-order valence-electron chi connectivity index (χ4n) is 3.39. The van der Waals surface area contributed by atoms with Crippen molar-refractivity contribution in [2.45, 2.75) is 57.3 Å². The van der Waals surface area contributed by atoms with Gasteiger partial charge in [-0.3, -0.25) is 9.69 Å². The van der Waals surface area contributed by atoms with Crippen LogP contribution in [0.2, 0.25) is 0 Å². The largest absolute Gasteiger partial charge is 0.481 e. The van der Waals surface area contributed by atoms with Gasteiger partial charge < -0.3 is 9.84 Å². The van der Waals surface area contributed by atoms with Crippen LogP contribution in [-0.4, -0.2) is 54.0 Å². The Hall–Kier alpha value is -0.820. The van der Waals surface area contributed by atoms with Gasteiger partial charge in [-0.1, -0.05) is 13.3 Å². The number of halogens is 3. The third-order valence-electron chi connectivity index (χ3n) is 4.72. The lowest BCUT2D eigenvalue weighted by atomic mass is 9.86. The van der Waals surface area contributed by atoms with Crippen LogP contribution in [0.15, 0.2) is 0 Å². The highest BCUT2D eigenvalue weighted by Gasteiger charge is 2.64. The van der Waals surface area contributed by atoms with E-state index in [0.717, 1.165) is 12.8 Å². The fraction of sp³-hybridized carbons (Fsp3) is 0.929. The van der Waals surface area contributed by atoms with Gasteiger partial charge in [-0.05, 0) is 32.2 Å². The molecule has 21 heavy (non-hydrogen) atoms. The molecule has 4 nitrogen and oxygen atoms in total. The highest BCUT2D eigenvalue weighted by Crippen LogP contribution is 2.46. The number of likely N-dealkylation sites (tertiary alicyclic amines) is 1. The average molecular weight is 309 g/mol. The molecule has 0 radical (unpaired) electrons. The van der Waals surface area contributed by atoms with E-state index in [1.807, 2.05) is 6.92 Å². The Kier molecular flexibility index (Phi) is 4.82. The standard InChI is InChI=1S/C14H22F3NO3/c1-2-3-11-8-10(4-7-21-11)18-6-5-13(9-18,12(19)20)14(15,16)17/h10-11H,2-9H2,1H3,(H,19,20). The Morgan fingerprint density at radius 1 is 1.48 bits per heavy atom. The van der Waals surface area contributed by atoms with Crippen molar-refractivity contribution in [1.29, 1.82) is 0 Å². The van der Waals surface area contributed by atoms with Crippen molar-refractivity contribution in [3.63, 3.8) is 0 Å². The number of ether oxygens (including phenoxy) is 1. The third kappa shape index (κ3) is 3.18. The second kappa shape index (κ2) is 6.12. The van der Waals surface area contributed by atoms with Crippen molar-refractivity contribution in [2.75, 3.05) is 19.7 Å². The molecule has 2 aliphatic heterocycles. The molecule has 2 aliphatic rings. The van der Waals surface area contributed by atoms with Gasteiger partial charge in [-0.2, -0.15) is 13.2 Å². The van der Waals surface area contributed by atoms with Crippen LogP contribution < -0.4 is 0 Å². The lowest BCUT2D eigenvalue weighted by Crippen LogP contribution is -2.49. The molecule has 2 heterocycles. The Morgan fingerprint density at radius 3 is 2.71 bits per heavy atom. The van der Waals surface area contributed by atoms with Gasteiger partial charge in [0.05, 0.1) is 6.10 Å². The van der Waals surface area contributed by atoms with E-state index in [-0.39, 0.29) is 25.1 Å². The minimum absolute atomic E-state index is 0.00104. The van der Waals surface area contributed by atoms with Gasteiger partial charge in [0.15, 0.2) is 5.41 Å². The molecule has 0 bridgehead atoms. The quantitative estimate of drug-likeness (QED) is 0.867. The summed E-state index contributed by atoms with van der Waals surface area (Å²) >= 11 is 0. The predicted octanol–water partition coefficient (Wildman–Crippen LogP) is 2.67. The molecule has 2 saturated heterocycles. The molecule has 1 N–H and O–H groups in total. The van der Waals surface area contributed by atoms with Crippen LogP contribution in [0.25, 0.3) is 0 Å². The molecule has 0 aromatic heterocycles. The van der Waals surface area contributed by atoms with Crippen LogP contribution in [0.3, 0.4) is 0 Å². The summed E-state index contributed by atoms with van der Waals surface area (Å²) in [5.41, 5.74) is -2.61. The summed E-state index contributed by atoms with van der Waals surface area (Å²) in [6.07, 6.45) is -1.75. The number of aliphatic carboxylic acids is 1. The van der Waals surface area contributed by atoms with Crippen molar-refractivity contribution in [3.05, 3.63) is 0 Å². The van der Waals surface area contributed by atoms with E-state index in [0.29, 0.717) is 19.4 Å². The summed E-state index contributed by atoms with van der Waals surface area (Å²) in [5.74, 6) is -1.75. The Morgan fingerprint density at radius 2 is 2.19 bits per heavy atom. The maximum atomic E-state index is 13.2. The van der Waals surface area contributed by atoms with Gasteiger partial charge in [-0.25, -0.2) is 0 Å². The van der Waals surface area contributed by atoms with Gasteiger partial charge in [0.1, 0.15) is 0 Å². The number of carbonyl (C=O) groups is 1. The fourth-order valence-corrected chi connectivity index (χ4v) is 3.39. The molecule has 122 valence electrons. The molecule has 2 fully saturated rings. The van der Waals surface area contributed by atoms with Crippen molar-refractivity contribution in [1.82, 2.24) is 4.90 Å². The Balaban J connectivity index is 2.05. The van der Waals surface area contributed by atoms with Crippen LogP contribution in [0.1, 0.15) is 39.0 Å². The van der Waals surface area contributed by atoms with Gasteiger partial charge >= 0.3 is 12.1 Å². The highest BCUT2D eigenvalue weighted by atomic mass is 19.4. The molecular weight excluding hydrogens is 287 g/mol. The monoisotopic (exact) mass is 309 g/mol. The molecular formula is C14H22F3NO3. The van der Waals surface area contributed by atoms with Crippen LogP contribution in [0.5, 0.6) is 0 Å². The number of rotatable bonds is 4. The number of hydrogen-bond donors (Lipinski definition) is 1. The summed E-state index contributed by atoms with van der Waals surface area (Å²) in [6, 6.07) is -0.00104. The van der Waals surface area contributed by atoms with E-state index in [4.69, 9.17) is 9.84 Å². The highest BCUT2D eigenvalue weighted by molar-refractivity contribution is 5.76. The molecule has 0 aromatic carbocycles. The van der Waals surface area contributed by atoms with E-state index < -0.39 is 24.1 Å². The molecule has 0 amide bonds. The molecule has 7 heteroatoms. The summed E-state index contributed by atoms with van der Waals surface area (Å²) in [5, 5.41) is 9.08. The zero-order valence-corrected chi connectivity index (χ0v) is 12.2. The minimum Gasteiger partial charge on any atom is -0.481 e. The minimum atomic E-state index is -4.71. The maximum absolute atomic E-state index is 13.2. The zero-order chi connectivity index (χ0) is 15.7. The lowest BCUT2D eigenvalue weighted by Gasteiger charge is -2.36. The molecule has 0 spiro atoms. The van der Waals surface area contributed by atoms with Crippen molar-refractivity contribution < 1.29 is 27.8 Å². The third-order valence-corrected chi connectivity index (χ3v) is 4.72. The zero-order valence-electron chi connectivity index (χ0n) is 12.2. The predicted molar refractivity (Wildman–Crippen MR) is 70.0 cm³/mol. The average Bonchev–Trinajstić information content (AvgIpc) is 2.85. The summed E-state index contributed by atoms with van der Waals surface area (Å²) in [7, 11) is 0. The second-order valence-electron chi connectivity index (χ2n) is 6.07. The summed E-state index contributed by atoms with van der Waals surface area (Å²) < 4.78 is 45.1. The van der Waals surface area contributed by atoms with Crippen LogP contribution in [-0.2, 0) is 9.53 Å². The number of alkyl halides is 3. The van der Waals surface area contributed by atoms with Gasteiger partial charge in [0.25, 0.3) is 0 Å². The van der Waals surface area contributed by atoms with Crippen molar-refractivity contribution >= 4 is 5.97 Å². The Labute approximate surface area is 122 Å². The summed E-state index contributed by atoms with van der Waals surface area (Å²) in [6.45, 7) is 2.34. The first kappa shape index (κ1) is 16.5. The number of carboxylic acids is 1. The van der Waals surface area contributed by atoms with E-state index in [1.165, 1.54) is 0 Å². The molecule has 0 aliphatic carbocycles. The Bertz CT molecular complexity index is 386. The smallest absolute Gasteiger partial charge is 0.406 e. The van der Waals surface area contributed by atoms with E-state index in [1.54, 1.807) is 4.90 Å². The second-order valence-corrected chi connectivity index (χ2v) is 6.07. The van der Waals surface area contributed by atoms with Gasteiger partial charge in [-0.15, -0.1) is 0 Å². The first-order valence-electron chi connectivity index (χ1n) is 7.46. The lowest BCUT2D eigenvalue weighted by molar-refractivity contribution is -0.228. The van der Waals surface area contributed by atoms with E-state index >= 15 is 0 Å². The molecule has 3 atom stereocenters. The van der Waals surface area contributed by atoms with Gasteiger partial charge in [0.2, 0.25) is 0 Å². The normalized spacial score (nSPS) is 35.0. The van der Waals surface area contributed by atoms with Crippen molar-refractivity contribution in [3.8, 4) is 0 Å². The van der Waals surface area contributed by atoms with E-state index in [9.17, 15) is 18.0 Å². The number of carboxylic acid groups (broad SMARTS) is 1. The molecule has 0 saturated carbocycles. The van der Waals surface area contributed by atoms with Crippen LogP contribution in [0.4, 0.5) is 13.2 Å². The van der Waals surface area contributed by atoms with Crippen LogP contribution >= 0.6 is 0 Å². The van der Waals surface area contributed by atoms with Gasteiger partial charge in [0, 0.05) is 19.2 Å². The first-order chi connectivity index (χ1) is 9.80. The maximum Gasteiger partial charge on any atom is 0.406 e. The topological polar surface area (TPSA) is 49.8 Å². The van der Waals surface area contributed by atoms with E-state index in [2.05, 4.69) is 0 Å².